The molecule has 194 valence electrons. The lowest BCUT2D eigenvalue weighted by Gasteiger charge is -2.29. The van der Waals surface area contributed by atoms with E-state index >= 15 is 0 Å². The second-order valence-corrected chi connectivity index (χ2v) is 9.36. The van der Waals surface area contributed by atoms with Crippen molar-refractivity contribution in [3.63, 3.8) is 0 Å². The molecule has 0 spiro atoms. The molecule has 9 nitrogen and oxygen atoms in total. The van der Waals surface area contributed by atoms with Gasteiger partial charge in [-0.3, -0.25) is 4.21 Å². The summed E-state index contributed by atoms with van der Waals surface area (Å²) in [5.41, 5.74) is 1.32. The molecule has 0 radical (unpaired) electrons. The number of benzene rings is 1. The highest BCUT2D eigenvalue weighted by atomic mass is 32.2. The quantitative estimate of drug-likeness (QED) is 0.490. The Bertz CT molecular complexity index is 896. The number of anilines is 2. The number of nitrogens with zero attached hydrogens (tertiary/aromatic N) is 3. The summed E-state index contributed by atoms with van der Waals surface area (Å²) in [4.78, 5) is 19.5. The van der Waals surface area contributed by atoms with Crippen molar-refractivity contribution in [3.8, 4) is 5.88 Å². The molecule has 1 aromatic heterocycles. The fourth-order valence-corrected chi connectivity index (χ4v) is 3.97. The number of carbonyl (C=O) groups excluding carboxylic acids is 1. The van der Waals surface area contributed by atoms with Gasteiger partial charge in [0.2, 0.25) is 5.88 Å². The zero-order valence-corrected chi connectivity index (χ0v) is 22.3. The summed E-state index contributed by atoms with van der Waals surface area (Å²) >= 11 is 0. The molecular formula is C25H39N5O4S. The SMILES string of the molecule is C=O.CCC(CC)OC.CN1CCC(Oc2ncnc(Nc3ccc(S(C)=O)cc3)c2C=N)CC1. The maximum absolute atomic E-state index is 11.5. The van der Waals surface area contributed by atoms with Gasteiger partial charge in [-0.15, -0.1) is 0 Å². The van der Waals surface area contributed by atoms with E-state index in [0.29, 0.717) is 23.4 Å². The van der Waals surface area contributed by atoms with Crippen molar-refractivity contribution in [3.05, 3.63) is 36.2 Å². The van der Waals surface area contributed by atoms with Crippen molar-refractivity contribution in [1.29, 1.82) is 5.41 Å². The summed E-state index contributed by atoms with van der Waals surface area (Å²) < 4.78 is 22.6. The third-order valence-electron chi connectivity index (χ3n) is 5.63. The van der Waals surface area contributed by atoms with Crippen molar-refractivity contribution in [1.82, 2.24) is 14.9 Å². The van der Waals surface area contributed by atoms with Crippen LogP contribution in [0.5, 0.6) is 5.88 Å². The fourth-order valence-electron chi connectivity index (χ4n) is 3.45. The van der Waals surface area contributed by atoms with Crippen molar-refractivity contribution in [2.45, 2.75) is 56.6 Å². The predicted octanol–water partition coefficient (Wildman–Crippen LogP) is 4.06. The lowest BCUT2D eigenvalue weighted by Crippen LogP contribution is -2.36. The summed E-state index contributed by atoms with van der Waals surface area (Å²) in [6.45, 7) is 8.26. The van der Waals surface area contributed by atoms with Crippen molar-refractivity contribution >= 4 is 35.3 Å². The molecule has 1 unspecified atom stereocenters. The second kappa shape index (κ2) is 16.9. The lowest BCUT2D eigenvalue weighted by molar-refractivity contribution is -0.0980. The van der Waals surface area contributed by atoms with E-state index in [1.165, 1.54) is 12.5 Å². The summed E-state index contributed by atoms with van der Waals surface area (Å²) in [5, 5.41) is 10.9. The molecule has 1 aliphatic heterocycles. The molecular weight excluding hydrogens is 466 g/mol. The number of piperidine rings is 1. The molecule has 2 aromatic rings. The van der Waals surface area contributed by atoms with Gasteiger partial charge >= 0.3 is 0 Å². The van der Waals surface area contributed by atoms with Crippen molar-refractivity contribution in [2.24, 2.45) is 0 Å². The van der Waals surface area contributed by atoms with Gasteiger partial charge in [-0.2, -0.15) is 0 Å². The van der Waals surface area contributed by atoms with E-state index in [-0.39, 0.29) is 6.10 Å². The minimum Gasteiger partial charge on any atom is -0.474 e. The van der Waals surface area contributed by atoms with Crippen LogP contribution in [-0.2, 0) is 20.3 Å². The highest BCUT2D eigenvalue weighted by Gasteiger charge is 2.21. The van der Waals surface area contributed by atoms with Gasteiger partial charge in [-0.25, -0.2) is 9.97 Å². The van der Waals surface area contributed by atoms with E-state index in [0.717, 1.165) is 49.4 Å². The van der Waals surface area contributed by atoms with Crippen LogP contribution >= 0.6 is 0 Å². The van der Waals surface area contributed by atoms with Gasteiger partial charge in [0.25, 0.3) is 0 Å². The molecule has 3 rings (SSSR count). The average Bonchev–Trinajstić information content (AvgIpc) is 2.88. The van der Waals surface area contributed by atoms with Gasteiger partial charge in [0.1, 0.15) is 25.0 Å². The molecule has 0 saturated carbocycles. The predicted molar refractivity (Wildman–Crippen MR) is 142 cm³/mol. The van der Waals surface area contributed by atoms with Crippen LogP contribution in [-0.4, -0.2) is 77.8 Å². The monoisotopic (exact) mass is 505 g/mol. The summed E-state index contributed by atoms with van der Waals surface area (Å²) in [6, 6.07) is 7.29. The fraction of sp³-hybridized carbons (Fsp3) is 0.520. The first kappa shape index (κ1) is 30.3. The number of hydrogen-bond donors (Lipinski definition) is 2. The number of hydrogen-bond acceptors (Lipinski definition) is 9. The maximum atomic E-state index is 11.5. The van der Waals surface area contributed by atoms with Gasteiger partial charge in [0, 0.05) is 54.1 Å². The van der Waals surface area contributed by atoms with E-state index in [2.05, 4.69) is 41.1 Å². The standard InChI is InChI=1S/C18H23N5O2S.C6H14O.CH2O/c1-23-9-7-14(8-10-23)25-18-16(11-19)17(20-12-21-18)22-13-3-5-15(6-4-13)26(2)24;1-4-6(5-2)7-3;1-2/h3-6,11-12,14,19H,7-10H2,1-2H3,(H,20,21,22);6H,4-5H2,1-3H3;1H2. The minimum atomic E-state index is -1.01. The number of nitrogens with one attached hydrogen (secondary N) is 2. The molecule has 1 atom stereocenters. The first-order chi connectivity index (χ1) is 16.9. The molecule has 10 heteroatoms. The topological polar surface area (TPSA) is 118 Å². The van der Waals surface area contributed by atoms with Crippen LogP contribution in [0.1, 0.15) is 45.1 Å². The Morgan fingerprint density at radius 1 is 1.20 bits per heavy atom. The number of methoxy groups -OCH3 is 1. The van der Waals surface area contributed by atoms with Crippen molar-refractivity contribution < 1.29 is 18.5 Å². The van der Waals surface area contributed by atoms with Crippen LogP contribution in [0.25, 0.3) is 0 Å². The molecule has 1 aromatic carbocycles. The number of carbonyl (C=O) groups is 1. The molecule has 0 aliphatic carbocycles. The van der Waals surface area contributed by atoms with Gasteiger partial charge < -0.3 is 29.9 Å². The van der Waals surface area contributed by atoms with Crippen LogP contribution in [0.4, 0.5) is 11.5 Å². The smallest absolute Gasteiger partial charge is 0.227 e. The van der Waals surface area contributed by atoms with Gasteiger partial charge in [-0.05, 0) is 57.0 Å². The van der Waals surface area contributed by atoms with E-state index in [1.807, 2.05) is 18.9 Å². The van der Waals surface area contributed by atoms with Gasteiger partial charge in [0.05, 0.1) is 11.7 Å². The molecule has 2 N–H and O–H groups in total. The van der Waals surface area contributed by atoms with Crippen molar-refractivity contribution in [2.75, 3.05) is 38.8 Å². The highest BCUT2D eigenvalue weighted by molar-refractivity contribution is 7.84. The highest BCUT2D eigenvalue weighted by Crippen LogP contribution is 2.26. The van der Waals surface area contributed by atoms with E-state index < -0.39 is 10.8 Å². The minimum absolute atomic E-state index is 0.103. The van der Waals surface area contributed by atoms with Gasteiger partial charge in [0.15, 0.2) is 0 Å². The largest absolute Gasteiger partial charge is 0.474 e. The van der Waals surface area contributed by atoms with Crippen LogP contribution in [0.2, 0.25) is 0 Å². The number of aromatic nitrogens is 2. The Hall–Kier alpha value is -2.69. The summed E-state index contributed by atoms with van der Waals surface area (Å²) in [7, 11) is 2.85. The van der Waals surface area contributed by atoms with Gasteiger partial charge in [-0.1, -0.05) is 13.8 Å². The zero-order valence-electron chi connectivity index (χ0n) is 21.5. The van der Waals surface area contributed by atoms with E-state index in [9.17, 15) is 4.21 Å². The average molecular weight is 506 g/mol. The second-order valence-electron chi connectivity index (χ2n) is 7.98. The molecule has 0 bridgehead atoms. The summed E-state index contributed by atoms with van der Waals surface area (Å²) in [6.07, 6.45) is 9.03. The van der Waals surface area contributed by atoms with Crippen LogP contribution < -0.4 is 10.1 Å². The Morgan fingerprint density at radius 2 is 1.80 bits per heavy atom. The maximum Gasteiger partial charge on any atom is 0.227 e. The Kier molecular flexibility index (Phi) is 14.6. The van der Waals surface area contributed by atoms with Crippen LogP contribution in [0.3, 0.4) is 0 Å². The normalized spacial score (nSPS) is 14.7. The zero-order chi connectivity index (χ0) is 26.2. The molecule has 35 heavy (non-hydrogen) atoms. The Labute approximate surface area is 211 Å². The molecule has 1 saturated heterocycles. The number of ether oxygens (including phenoxy) is 2. The first-order valence-corrected chi connectivity index (χ1v) is 13.2. The Balaban J connectivity index is 0.000000587. The van der Waals surface area contributed by atoms with E-state index in [4.69, 9.17) is 19.7 Å². The van der Waals surface area contributed by atoms with E-state index in [1.54, 1.807) is 25.5 Å². The number of likely N-dealkylation sites (tertiary alicyclic amines) is 1. The molecule has 1 aliphatic rings. The number of rotatable bonds is 9. The third-order valence-corrected chi connectivity index (χ3v) is 6.56. The Morgan fingerprint density at radius 3 is 2.26 bits per heavy atom. The molecule has 1 fully saturated rings. The third kappa shape index (κ3) is 10.2. The van der Waals surface area contributed by atoms with Crippen LogP contribution in [0.15, 0.2) is 35.5 Å². The molecule has 2 heterocycles. The summed E-state index contributed by atoms with van der Waals surface area (Å²) in [5.74, 6) is 0.946. The van der Waals surface area contributed by atoms with Crippen LogP contribution in [0, 0.1) is 5.41 Å². The lowest BCUT2D eigenvalue weighted by atomic mass is 10.1. The molecule has 0 amide bonds. The first-order valence-electron chi connectivity index (χ1n) is 11.6.